The molecule has 0 unspecified atom stereocenters. The Balaban J connectivity index is 1.99. The number of likely N-dealkylation sites (tertiary alicyclic amines) is 1. The fraction of sp³-hybridized carbons (Fsp3) is 0.650. The molecule has 136 valence electrons. The third kappa shape index (κ3) is 2.12. The summed E-state index contributed by atoms with van der Waals surface area (Å²) in [6.07, 6.45) is 2.93. The third-order valence-corrected chi connectivity index (χ3v) is 6.69. The van der Waals surface area contributed by atoms with Gasteiger partial charge in [0.25, 0.3) is 0 Å². The van der Waals surface area contributed by atoms with Gasteiger partial charge in [0.2, 0.25) is 0 Å². The number of hydrogen-bond acceptors (Lipinski definition) is 5. The molecule has 25 heavy (non-hydrogen) atoms. The maximum absolute atomic E-state index is 12.5. The Hall–Kier alpha value is -1.59. The van der Waals surface area contributed by atoms with Gasteiger partial charge in [0.15, 0.2) is 11.5 Å². The predicted octanol–water partition coefficient (Wildman–Crippen LogP) is 2.08. The highest BCUT2D eigenvalue weighted by Crippen LogP contribution is 2.60. The summed E-state index contributed by atoms with van der Waals surface area (Å²) in [6, 6.07) is 4.10. The van der Waals surface area contributed by atoms with Crippen LogP contribution >= 0.6 is 0 Å². The number of rotatable bonds is 3. The fourth-order valence-electron chi connectivity index (χ4n) is 5.56. The summed E-state index contributed by atoms with van der Waals surface area (Å²) in [5, 5.41) is 11.8. The van der Waals surface area contributed by atoms with Crippen LogP contribution in [0.3, 0.4) is 0 Å². The Bertz CT molecular complexity index is 718. The number of ether oxygens (including phenoxy) is 2. The summed E-state index contributed by atoms with van der Waals surface area (Å²) in [7, 11) is 3.74. The molecule has 1 aliphatic heterocycles. The SMILES string of the molecule is CCOc1ccc2c(c1OC)[C@@]13CCN(C)[C@@H](C2)[C@]1(O)CCC(=O)C3. The number of piperidine rings is 1. The summed E-state index contributed by atoms with van der Waals surface area (Å²) in [4.78, 5) is 14.7. The van der Waals surface area contributed by atoms with Gasteiger partial charge in [0.1, 0.15) is 5.78 Å². The first-order valence-electron chi connectivity index (χ1n) is 9.24. The first-order chi connectivity index (χ1) is 12.0. The van der Waals surface area contributed by atoms with Gasteiger partial charge in [0, 0.05) is 29.9 Å². The van der Waals surface area contributed by atoms with E-state index in [0.717, 1.165) is 24.9 Å². The molecule has 3 aliphatic rings. The van der Waals surface area contributed by atoms with Crippen LogP contribution < -0.4 is 9.47 Å². The molecule has 3 atom stereocenters. The average Bonchev–Trinajstić information content (AvgIpc) is 2.59. The number of nitrogens with zero attached hydrogens (tertiary/aromatic N) is 1. The molecule has 2 aliphatic carbocycles. The van der Waals surface area contributed by atoms with Gasteiger partial charge in [0.05, 0.1) is 19.3 Å². The van der Waals surface area contributed by atoms with Crippen molar-refractivity contribution < 1.29 is 19.4 Å². The number of carbonyl (C=O) groups excluding carboxylic acids is 1. The highest BCUT2D eigenvalue weighted by molar-refractivity contribution is 5.83. The second kappa shape index (κ2) is 5.71. The second-order valence-electron chi connectivity index (χ2n) is 7.74. The summed E-state index contributed by atoms with van der Waals surface area (Å²) < 4.78 is 11.6. The van der Waals surface area contributed by atoms with Gasteiger partial charge in [-0.15, -0.1) is 0 Å². The molecule has 1 saturated heterocycles. The number of ketones is 1. The fourth-order valence-corrected chi connectivity index (χ4v) is 5.56. The molecule has 1 aromatic carbocycles. The zero-order valence-corrected chi connectivity index (χ0v) is 15.3. The van der Waals surface area contributed by atoms with Crippen LogP contribution in [0.4, 0.5) is 0 Å². The predicted molar refractivity (Wildman–Crippen MR) is 94.4 cm³/mol. The molecule has 1 aromatic rings. The van der Waals surface area contributed by atoms with E-state index in [-0.39, 0.29) is 11.8 Å². The van der Waals surface area contributed by atoms with Crippen LogP contribution in [0, 0.1) is 0 Å². The molecule has 0 spiro atoms. The van der Waals surface area contributed by atoms with E-state index in [9.17, 15) is 9.90 Å². The number of carbonyl (C=O) groups is 1. The molecule has 0 aromatic heterocycles. The maximum Gasteiger partial charge on any atom is 0.164 e. The lowest BCUT2D eigenvalue weighted by molar-refractivity contribution is -0.169. The van der Waals surface area contributed by atoms with Gasteiger partial charge in [-0.2, -0.15) is 0 Å². The van der Waals surface area contributed by atoms with Crippen molar-refractivity contribution in [2.75, 3.05) is 27.3 Å². The Morgan fingerprint density at radius 1 is 1.36 bits per heavy atom. The van der Waals surface area contributed by atoms with Crippen LogP contribution in [0.2, 0.25) is 0 Å². The van der Waals surface area contributed by atoms with E-state index in [0.29, 0.717) is 37.4 Å². The lowest BCUT2D eigenvalue weighted by Gasteiger charge is -2.62. The first kappa shape index (κ1) is 16.9. The van der Waals surface area contributed by atoms with Crippen molar-refractivity contribution >= 4 is 5.78 Å². The van der Waals surface area contributed by atoms with E-state index < -0.39 is 11.0 Å². The molecule has 2 fully saturated rings. The molecule has 1 saturated carbocycles. The Morgan fingerprint density at radius 2 is 2.16 bits per heavy atom. The van der Waals surface area contributed by atoms with Gasteiger partial charge in [-0.25, -0.2) is 0 Å². The molecule has 0 amide bonds. The number of likely N-dealkylation sites (N-methyl/N-ethyl adjacent to an activating group) is 1. The van der Waals surface area contributed by atoms with Crippen molar-refractivity contribution in [2.45, 2.75) is 56.1 Å². The largest absolute Gasteiger partial charge is 0.493 e. The normalized spacial score (nSPS) is 34.2. The van der Waals surface area contributed by atoms with E-state index in [2.05, 4.69) is 18.0 Å². The molecule has 2 bridgehead atoms. The quantitative estimate of drug-likeness (QED) is 0.909. The van der Waals surface area contributed by atoms with Crippen molar-refractivity contribution in [1.29, 1.82) is 0 Å². The number of aliphatic hydroxyl groups is 1. The van der Waals surface area contributed by atoms with E-state index in [1.165, 1.54) is 5.56 Å². The topological polar surface area (TPSA) is 59.0 Å². The van der Waals surface area contributed by atoms with Crippen LogP contribution in [0.15, 0.2) is 12.1 Å². The maximum atomic E-state index is 12.5. The molecule has 5 nitrogen and oxygen atoms in total. The number of Topliss-reactive ketones (excluding diaryl/α,β-unsaturated/α-hetero) is 1. The zero-order chi connectivity index (χ0) is 17.8. The Kier molecular flexibility index (Phi) is 3.85. The molecule has 4 rings (SSSR count). The Labute approximate surface area is 148 Å². The standard InChI is InChI=1S/C20H27NO4/c1-4-25-15-6-5-13-11-16-20(23)8-7-14(22)12-19(20,9-10-21(16)2)17(13)18(15)24-3/h5-6,16,23H,4,7-12H2,1-3H3/t16-,19-,20+/m0/s1. The zero-order valence-electron chi connectivity index (χ0n) is 15.3. The second-order valence-corrected chi connectivity index (χ2v) is 7.74. The van der Waals surface area contributed by atoms with Gasteiger partial charge < -0.3 is 19.5 Å². The van der Waals surface area contributed by atoms with Gasteiger partial charge in [-0.3, -0.25) is 4.79 Å². The number of fused-ring (bicyclic) bond motifs is 1. The monoisotopic (exact) mass is 345 g/mol. The van der Waals surface area contributed by atoms with Crippen molar-refractivity contribution in [3.05, 3.63) is 23.3 Å². The highest BCUT2D eigenvalue weighted by Gasteiger charge is 2.65. The first-order valence-corrected chi connectivity index (χ1v) is 9.24. The minimum absolute atomic E-state index is 0.0458. The minimum atomic E-state index is -0.890. The smallest absolute Gasteiger partial charge is 0.164 e. The van der Waals surface area contributed by atoms with Gasteiger partial charge in [-0.1, -0.05) is 6.07 Å². The summed E-state index contributed by atoms with van der Waals surface area (Å²) in [6.45, 7) is 3.38. The van der Waals surface area contributed by atoms with E-state index >= 15 is 0 Å². The lowest BCUT2D eigenvalue weighted by Crippen LogP contribution is -2.72. The molecule has 0 radical (unpaired) electrons. The van der Waals surface area contributed by atoms with Gasteiger partial charge >= 0.3 is 0 Å². The van der Waals surface area contributed by atoms with Gasteiger partial charge in [-0.05, 0) is 51.4 Å². The molecule has 1 heterocycles. The van der Waals surface area contributed by atoms with Crippen LogP contribution in [0.25, 0.3) is 0 Å². The van der Waals surface area contributed by atoms with Crippen LogP contribution in [-0.2, 0) is 16.6 Å². The number of benzene rings is 1. The number of methoxy groups -OCH3 is 1. The summed E-state index contributed by atoms with van der Waals surface area (Å²) >= 11 is 0. The van der Waals surface area contributed by atoms with Crippen molar-refractivity contribution in [1.82, 2.24) is 4.90 Å². The number of hydrogen-bond donors (Lipinski definition) is 1. The van der Waals surface area contributed by atoms with E-state index in [4.69, 9.17) is 9.47 Å². The van der Waals surface area contributed by atoms with Crippen molar-refractivity contribution in [2.24, 2.45) is 0 Å². The molecular weight excluding hydrogens is 318 g/mol. The highest BCUT2D eigenvalue weighted by atomic mass is 16.5. The van der Waals surface area contributed by atoms with Crippen LogP contribution in [0.5, 0.6) is 11.5 Å². The van der Waals surface area contributed by atoms with Crippen molar-refractivity contribution in [3.63, 3.8) is 0 Å². The van der Waals surface area contributed by atoms with E-state index in [1.807, 2.05) is 13.0 Å². The lowest BCUT2D eigenvalue weighted by atomic mass is 9.49. The summed E-state index contributed by atoms with van der Waals surface area (Å²) in [5.74, 6) is 1.65. The van der Waals surface area contributed by atoms with Crippen LogP contribution in [-0.4, -0.2) is 54.7 Å². The molecule has 5 heteroatoms. The average molecular weight is 345 g/mol. The minimum Gasteiger partial charge on any atom is -0.493 e. The Morgan fingerprint density at radius 3 is 2.88 bits per heavy atom. The van der Waals surface area contributed by atoms with Crippen LogP contribution in [0.1, 0.15) is 43.7 Å². The molecule has 1 N–H and O–H groups in total. The van der Waals surface area contributed by atoms with Crippen molar-refractivity contribution in [3.8, 4) is 11.5 Å². The third-order valence-electron chi connectivity index (χ3n) is 6.69. The van der Waals surface area contributed by atoms with E-state index in [1.54, 1.807) is 7.11 Å². The summed E-state index contributed by atoms with van der Waals surface area (Å²) in [5.41, 5.74) is 0.738. The molecular formula is C20H27NO4.